The Labute approximate surface area is 184 Å². The van der Waals surface area contributed by atoms with E-state index >= 15 is 0 Å². The number of aromatic nitrogens is 1. The van der Waals surface area contributed by atoms with Crippen molar-refractivity contribution in [3.05, 3.63) is 100 Å². The standard InChI is InChI=1S/C25H21N3O4/c1-2-32-19-14-12-18(13-15-19)28-24(30)21-11-7-6-10-20(21)22(25(28)31)16-26-27-23(29)17-8-4-3-5-9-17/h3-16,31H,2H2,1H3,(H,27,29)/b26-16-. The number of hydrogen-bond donors (Lipinski definition) is 2. The van der Waals surface area contributed by atoms with Crippen LogP contribution in [-0.4, -0.2) is 28.4 Å². The van der Waals surface area contributed by atoms with Crippen LogP contribution in [-0.2, 0) is 0 Å². The Balaban J connectivity index is 1.76. The Morgan fingerprint density at radius 1 is 1.00 bits per heavy atom. The topological polar surface area (TPSA) is 92.9 Å². The number of ether oxygens (including phenoxy) is 1. The number of nitrogens with one attached hydrogen (secondary N) is 1. The number of carbonyl (C=O) groups is 1. The molecule has 0 spiro atoms. The second-order valence-corrected chi connectivity index (χ2v) is 6.92. The lowest BCUT2D eigenvalue weighted by Gasteiger charge is -2.14. The Kier molecular flexibility index (Phi) is 5.98. The predicted octanol–water partition coefficient (Wildman–Crippen LogP) is 3.86. The van der Waals surface area contributed by atoms with Gasteiger partial charge in [-0.2, -0.15) is 5.10 Å². The molecule has 0 fully saturated rings. The molecule has 160 valence electrons. The van der Waals surface area contributed by atoms with Gasteiger partial charge >= 0.3 is 0 Å². The van der Waals surface area contributed by atoms with E-state index < -0.39 is 0 Å². The quantitative estimate of drug-likeness (QED) is 0.361. The first-order valence-corrected chi connectivity index (χ1v) is 10.1. The normalized spacial score (nSPS) is 11.0. The van der Waals surface area contributed by atoms with Gasteiger partial charge < -0.3 is 9.84 Å². The number of nitrogens with zero attached hydrogens (tertiary/aromatic N) is 2. The van der Waals surface area contributed by atoms with Crippen LogP contribution in [0.2, 0.25) is 0 Å². The Bertz CT molecular complexity index is 1340. The van der Waals surface area contributed by atoms with Crippen molar-refractivity contribution in [3.8, 4) is 17.3 Å². The van der Waals surface area contributed by atoms with Gasteiger partial charge in [-0.3, -0.25) is 9.59 Å². The van der Waals surface area contributed by atoms with E-state index in [-0.39, 0.29) is 17.3 Å². The van der Waals surface area contributed by atoms with Gasteiger partial charge in [-0.25, -0.2) is 9.99 Å². The van der Waals surface area contributed by atoms with Gasteiger partial charge in [0.1, 0.15) is 5.75 Å². The number of amides is 1. The lowest BCUT2D eigenvalue weighted by atomic mass is 10.1. The third-order valence-electron chi connectivity index (χ3n) is 4.91. The first kappa shape index (κ1) is 20.9. The second-order valence-electron chi connectivity index (χ2n) is 6.92. The number of aromatic hydroxyl groups is 1. The minimum atomic E-state index is -0.384. The van der Waals surface area contributed by atoms with Gasteiger partial charge in [0.15, 0.2) is 0 Å². The molecule has 3 aromatic carbocycles. The molecule has 7 nitrogen and oxygen atoms in total. The molecule has 0 unspecified atom stereocenters. The maximum absolute atomic E-state index is 13.1. The fraction of sp³-hybridized carbons (Fsp3) is 0.0800. The van der Waals surface area contributed by atoms with E-state index in [1.165, 1.54) is 10.8 Å². The summed E-state index contributed by atoms with van der Waals surface area (Å²) in [5.74, 6) is -0.00367. The van der Waals surface area contributed by atoms with Crippen molar-refractivity contribution in [2.75, 3.05) is 6.61 Å². The number of rotatable bonds is 6. The highest BCUT2D eigenvalue weighted by Gasteiger charge is 2.16. The summed E-state index contributed by atoms with van der Waals surface area (Å²) in [5, 5.41) is 16.0. The summed E-state index contributed by atoms with van der Waals surface area (Å²) < 4.78 is 6.66. The monoisotopic (exact) mass is 427 g/mol. The van der Waals surface area contributed by atoms with E-state index in [4.69, 9.17) is 4.74 Å². The van der Waals surface area contributed by atoms with Crippen LogP contribution in [0.3, 0.4) is 0 Å². The minimum Gasteiger partial charge on any atom is -0.494 e. The van der Waals surface area contributed by atoms with Crippen LogP contribution in [0.15, 0.2) is 88.8 Å². The summed E-state index contributed by atoms with van der Waals surface area (Å²) >= 11 is 0. The molecule has 0 radical (unpaired) electrons. The van der Waals surface area contributed by atoms with Gasteiger partial charge in [0.2, 0.25) is 5.88 Å². The van der Waals surface area contributed by atoms with Crippen molar-refractivity contribution in [1.29, 1.82) is 0 Å². The van der Waals surface area contributed by atoms with Crippen LogP contribution in [0.5, 0.6) is 11.6 Å². The Hall–Kier alpha value is -4.39. The van der Waals surface area contributed by atoms with Crippen molar-refractivity contribution in [1.82, 2.24) is 9.99 Å². The zero-order valence-electron chi connectivity index (χ0n) is 17.4. The molecule has 4 rings (SSSR count). The van der Waals surface area contributed by atoms with E-state index in [9.17, 15) is 14.7 Å². The molecule has 0 saturated carbocycles. The molecule has 0 aliphatic heterocycles. The summed E-state index contributed by atoms with van der Waals surface area (Å²) in [5.41, 5.74) is 3.32. The molecule has 2 N–H and O–H groups in total. The molecule has 1 aromatic heterocycles. The van der Waals surface area contributed by atoms with Gasteiger partial charge in [0.25, 0.3) is 11.5 Å². The number of pyridine rings is 1. The van der Waals surface area contributed by atoms with E-state index in [0.29, 0.717) is 39.9 Å². The van der Waals surface area contributed by atoms with Crippen molar-refractivity contribution >= 4 is 22.9 Å². The SMILES string of the molecule is CCOc1ccc(-n2c(O)c(/C=N\NC(=O)c3ccccc3)c3ccccc3c2=O)cc1. The summed E-state index contributed by atoms with van der Waals surface area (Å²) in [7, 11) is 0. The highest BCUT2D eigenvalue weighted by Crippen LogP contribution is 2.26. The average molecular weight is 427 g/mol. The zero-order valence-corrected chi connectivity index (χ0v) is 17.4. The number of hydrazone groups is 1. The maximum atomic E-state index is 13.1. The molecule has 0 bridgehead atoms. The summed E-state index contributed by atoms with van der Waals surface area (Å²) in [6.07, 6.45) is 1.34. The first-order chi connectivity index (χ1) is 15.6. The van der Waals surface area contributed by atoms with Crippen LogP contribution in [0.25, 0.3) is 16.5 Å². The van der Waals surface area contributed by atoms with Crippen LogP contribution >= 0.6 is 0 Å². The number of fused-ring (bicyclic) bond motifs is 1. The number of carbonyl (C=O) groups excluding carboxylic acids is 1. The molecule has 1 amide bonds. The fourth-order valence-corrected chi connectivity index (χ4v) is 3.40. The minimum absolute atomic E-state index is 0.282. The smallest absolute Gasteiger partial charge is 0.271 e. The molecule has 4 aromatic rings. The largest absolute Gasteiger partial charge is 0.494 e. The molecule has 0 atom stereocenters. The molecule has 0 aliphatic rings. The van der Waals surface area contributed by atoms with Gasteiger partial charge in [-0.05, 0) is 49.4 Å². The summed E-state index contributed by atoms with van der Waals surface area (Å²) in [4.78, 5) is 25.4. The van der Waals surface area contributed by atoms with Crippen LogP contribution < -0.4 is 15.7 Å². The third kappa shape index (κ3) is 4.09. The predicted molar refractivity (Wildman–Crippen MR) is 124 cm³/mol. The lowest BCUT2D eigenvalue weighted by molar-refractivity contribution is 0.0955. The highest BCUT2D eigenvalue weighted by molar-refractivity contribution is 6.02. The molecule has 7 heteroatoms. The van der Waals surface area contributed by atoms with Gasteiger partial charge in [-0.15, -0.1) is 0 Å². The third-order valence-corrected chi connectivity index (χ3v) is 4.91. The van der Waals surface area contributed by atoms with Crippen LogP contribution in [0, 0.1) is 0 Å². The molecule has 1 heterocycles. The highest BCUT2D eigenvalue weighted by atomic mass is 16.5. The summed E-state index contributed by atoms with van der Waals surface area (Å²) in [6.45, 7) is 2.41. The van der Waals surface area contributed by atoms with Crippen molar-refractivity contribution in [2.24, 2.45) is 5.10 Å². The van der Waals surface area contributed by atoms with Crippen molar-refractivity contribution in [3.63, 3.8) is 0 Å². The van der Waals surface area contributed by atoms with E-state index in [1.807, 2.05) is 13.0 Å². The summed E-state index contributed by atoms with van der Waals surface area (Å²) in [6, 6.07) is 22.4. The van der Waals surface area contributed by atoms with Crippen LogP contribution in [0.1, 0.15) is 22.8 Å². The van der Waals surface area contributed by atoms with E-state index in [2.05, 4.69) is 10.5 Å². The second kappa shape index (κ2) is 9.18. The Morgan fingerprint density at radius 2 is 1.66 bits per heavy atom. The lowest BCUT2D eigenvalue weighted by Crippen LogP contribution is -2.21. The van der Waals surface area contributed by atoms with Gasteiger partial charge in [0.05, 0.1) is 24.1 Å². The molecule has 0 saturated heterocycles. The van der Waals surface area contributed by atoms with Crippen molar-refractivity contribution < 1.29 is 14.6 Å². The first-order valence-electron chi connectivity index (χ1n) is 10.1. The van der Waals surface area contributed by atoms with Crippen LogP contribution in [0.4, 0.5) is 0 Å². The van der Waals surface area contributed by atoms with Gasteiger partial charge in [-0.1, -0.05) is 36.4 Å². The number of hydrogen-bond acceptors (Lipinski definition) is 5. The zero-order chi connectivity index (χ0) is 22.5. The molecule has 0 aliphatic carbocycles. The molecular formula is C25H21N3O4. The van der Waals surface area contributed by atoms with Crippen molar-refractivity contribution in [2.45, 2.75) is 6.92 Å². The average Bonchev–Trinajstić information content (AvgIpc) is 2.83. The van der Waals surface area contributed by atoms with E-state index in [0.717, 1.165) is 0 Å². The number of benzene rings is 3. The fourth-order valence-electron chi connectivity index (χ4n) is 3.40. The molecule has 32 heavy (non-hydrogen) atoms. The Morgan fingerprint density at radius 3 is 2.34 bits per heavy atom. The van der Waals surface area contributed by atoms with E-state index in [1.54, 1.807) is 72.8 Å². The molecular weight excluding hydrogens is 406 g/mol. The van der Waals surface area contributed by atoms with Gasteiger partial charge in [0, 0.05) is 16.3 Å². The maximum Gasteiger partial charge on any atom is 0.271 e.